The van der Waals surface area contributed by atoms with Crippen LogP contribution in [0.2, 0.25) is 0 Å². The number of hydrogen-bond acceptors (Lipinski definition) is 5. The highest BCUT2D eigenvalue weighted by Crippen LogP contribution is 2.19. The lowest BCUT2D eigenvalue weighted by Gasteiger charge is -2.20. The van der Waals surface area contributed by atoms with Crippen LogP contribution in [0.25, 0.3) is 0 Å². The summed E-state index contributed by atoms with van der Waals surface area (Å²) in [4.78, 5) is 6.72. The Labute approximate surface area is 95.4 Å². The smallest absolute Gasteiger partial charge is 0.228 e. The molecule has 2 heterocycles. The number of aromatic nitrogens is 2. The van der Waals surface area contributed by atoms with Crippen molar-refractivity contribution in [3.05, 3.63) is 11.7 Å². The second-order valence-electron chi connectivity index (χ2n) is 4.21. The maximum Gasteiger partial charge on any atom is 0.228 e. The third-order valence-corrected chi connectivity index (χ3v) is 3.16. The number of likely N-dealkylation sites (N-methyl/N-ethyl adjacent to an activating group) is 1. The van der Waals surface area contributed by atoms with Gasteiger partial charge in [-0.15, -0.1) is 0 Å². The van der Waals surface area contributed by atoms with Crippen molar-refractivity contribution < 1.29 is 9.63 Å². The summed E-state index contributed by atoms with van der Waals surface area (Å²) in [5.41, 5.74) is 0. The van der Waals surface area contributed by atoms with Crippen LogP contribution >= 0.6 is 0 Å². The van der Waals surface area contributed by atoms with Crippen LogP contribution in [0, 0.1) is 0 Å². The lowest BCUT2D eigenvalue weighted by atomic mass is 10.1. The van der Waals surface area contributed by atoms with Crippen molar-refractivity contribution in [2.75, 3.05) is 19.7 Å². The summed E-state index contributed by atoms with van der Waals surface area (Å²) in [6.07, 6.45) is 3.79. The Kier molecular flexibility index (Phi) is 3.90. The first-order valence-corrected chi connectivity index (χ1v) is 6.00. The number of rotatable bonds is 5. The zero-order valence-corrected chi connectivity index (χ0v) is 9.72. The van der Waals surface area contributed by atoms with Gasteiger partial charge in [0.05, 0.1) is 6.61 Å². The van der Waals surface area contributed by atoms with Crippen molar-refractivity contribution in [1.82, 2.24) is 15.0 Å². The van der Waals surface area contributed by atoms with Crippen LogP contribution in [-0.2, 0) is 12.8 Å². The fourth-order valence-electron chi connectivity index (χ4n) is 2.32. The number of aliphatic hydroxyl groups is 1. The molecule has 16 heavy (non-hydrogen) atoms. The molecule has 2 rings (SSSR count). The largest absolute Gasteiger partial charge is 0.396 e. The van der Waals surface area contributed by atoms with Crippen LogP contribution in [0.3, 0.4) is 0 Å². The van der Waals surface area contributed by atoms with Crippen LogP contribution in [-0.4, -0.2) is 45.9 Å². The first-order valence-electron chi connectivity index (χ1n) is 6.00. The molecule has 0 aliphatic carbocycles. The summed E-state index contributed by atoms with van der Waals surface area (Å²) in [5.74, 6) is 1.31. The summed E-state index contributed by atoms with van der Waals surface area (Å²) in [5, 5.41) is 12.6. The normalized spacial score (nSPS) is 21.8. The lowest BCUT2D eigenvalue weighted by molar-refractivity contribution is 0.246. The van der Waals surface area contributed by atoms with Crippen molar-refractivity contribution in [3.8, 4) is 0 Å². The first-order chi connectivity index (χ1) is 7.83. The second-order valence-corrected chi connectivity index (χ2v) is 4.21. The topological polar surface area (TPSA) is 62.4 Å². The van der Waals surface area contributed by atoms with Gasteiger partial charge in [-0.2, -0.15) is 4.98 Å². The predicted molar refractivity (Wildman–Crippen MR) is 59.1 cm³/mol. The summed E-state index contributed by atoms with van der Waals surface area (Å²) in [7, 11) is 0. The molecule has 90 valence electrons. The standard InChI is InChI=1S/C11H19N3O2/c1-2-14-6-3-4-9(14)8-11-12-10(5-7-15)13-16-11/h9,15H,2-8H2,1H3. The molecular formula is C11H19N3O2. The van der Waals surface area contributed by atoms with Gasteiger partial charge < -0.3 is 14.5 Å². The number of nitrogens with zero attached hydrogens (tertiary/aromatic N) is 3. The van der Waals surface area contributed by atoms with Gasteiger partial charge in [0.1, 0.15) is 0 Å². The van der Waals surface area contributed by atoms with E-state index >= 15 is 0 Å². The van der Waals surface area contributed by atoms with Crippen LogP contribution in [0.15, 0.2) is 4.52 Å². The maximum atomic E-state index is 8.76. The minimum Gasteiger partial charge on any atom is -0.396 e. The fourth-order valence-corrected chi connectivity index (χ4v) is 2.32. The lowest BCUT2D eigenvalue weighted by Crippen LogP contribution is -2.30. The van der Waals surface area contributed by atoms with Crippen molar-refractivity contribution in [1.29, 1.82) is 0 Å². The highest BCUT2D eigenvalue weighted by molar-refractivity contribution is 4.92. The Bertz CT molecular complexity index is 327. The van der Waals surface area contributed by atoms with Gasteiger partial charge >= 0.3 is 0 Å². The van der Waals surface area contributed by atoms with E-state index in [-0.39, 0.29) is 6.61 Å². The van der Waals surface area contributed by atoms with E-state index in [0.29, 0.717) is 24.2 Å². The number of likely N-dealkylation sites (tertiary alicyclic amines) is 1. The van der Waals surface area contributed by atoms with Gasteiger partial charge in [0, 0.05) is 18.9 Å². The minimum atomic E-state index is 0.0729. The highest BCUT2D eigenvalue weighted by Gasteiger charge is 2.25. The van der Waals surface area contributed by atoms with E-state index in [0.717, 1.165) is 13.0 Å². The molecule has 0 bridgehead atoms. The monoisotopic (exact) mass is 225 g/mol. The summed E-state index contributed by atoms with van der Waals surface area (Å²) in [6.45, 7) is 4.52. The molecule has 1 unspecified atom stereocenters. The molecule has 1 N–H and O–H groups in total. The summed E-state index contributed by atoms with van der Waals surface area (Å²) < 4.78 is 5.17. The molecule has 0 aromatic carbocycles. The SMILES string of the molecule is CCN1CCCC1Cc1nc(CCO)no1. The summed E-state index contributed by atoms with van der Waals surface area (Å²) >= 11 is 0. The molecule has 1 atom stereocenters. The average molecular weight is 225 g/mol. The molecule has 5 nitrogen and oxygen atoms in total. The van der Waals surface area contributed by atoms with Gasteiger partial charge in [0.2, 0.25) is 5.89 Å². The van der Waals surface area contributed by atoms with Gasteiger partial charge in [-0.1, -0.05) is 12.1 Å². The van der Waals surface area contributed by atoms with E-state index in [1.807, 2.05) is 0 Å². The maximum absolute atomic E-state index is 8.76. The average Bonchev–Trinajstić information content (AvgIpc) is 2.89. The van der Waals surface area contributed by atoms with Gasteiger partial charge in [-0.3, -0.25) is 0 Å². The molecule has 1 aliphatic rings. The molecule has 1 fully saturated rings. The molecule has 0 spiro atoms. The van der Waals surface area contributed by atoms with Crippen molar-refractivity contribution in [2.45, 2.75) is 38.6 Å². The van der Waals surface area contributed by atoms with Crippen LogP contribution in [0.1, 0.15) is 31.5 Å². The van der Waals surface area contributed by atoms with Crippen LogP contribution in [0.5, 0.6) is 0 Å². The molecule has 1 aromatic heterocycles. The van der Waals surface area contributed by atoms with E-state index in [2.05, 4.69) is 22.0 Å². The Hall–Kier alpha value is -0.940. The van der Waals surface area contributed by atoms with E-state index in [4.69, 9.17) is 9.63 Å². The fraction of sp³-hybridized carbons (Fsp3) is 0.818. The zero-order valence-electron chi connectivity index (χ0n) is 9.72. The van der Waals surface area contributed by atoms with Crippen molar-refractivity contribution in [3.63, 3.8) is 0 Å². The van der Waals surface area contributed by atoms with E-state index < -0.39 is 0 Å². The van der Waals surface area contributed by atoms with Gasteiger partial charge in [0.15, 0.2) is 5.82 Å². The van der Waals surface area contributed by atoms with Crippen molar-refractivity contribution in [2.24, 2.45) is 0 Å². The van der Waals surface area contributed by atoms with Gasteiger partial charge in [-0.25, -0.2) is 0 Å². The third-order valence-electron chi connectivity index (χ3n) is 3.16. The third kappa shape index (κ3) is 2.59. The van der Waals surface area contributed by atoms with Gasteiger partial charge in [-0.05, 0) is 25.9 Å². The Balaban J connectivity index is 1.92. The molecule has 5 heteroatoms. The Morgan fingerprint density at radius 1 is 1.56 bits per heavy atom. The van der Waals surface area contributed by atoms with E-state index in [1.165, 1.54) is 19.4 Å². The molecule has 1 aliphatic heterocycles. The molecule has 0 radical (unpaired) electrons. The first kappa shape index (κ1) is 11.5. The van der Waals surface area contributed by atoms with Crippen molar-refractivity contribution >= 4 is 0 Å². The van der Waals surface area contributed by atoms with Crippen LogP contribution < -0.4 is 0 Å². The summed E-state index contributed by atoms with van der Waals surface area (Å²) in [6, 6.07) is 0.549. The van der Waals surface area contributed by atoms with E-state index in [9.17, 15) is 0 Å². The van der Waals surface area contributed by atoms with Gasteiger partial charge in [0.25, 0.3) is 0 Å². The quantitative estimate of drug-likeness (QED) is 0.796. The molecular weight excluding hydrogens is 206 g/mol. The number of aliphatic hydroxyl groups excluding tert-OH is 1. The molecule has 0 amide bonds. The minimum absolute atomic E-state index is 0.0729. The number of hydrogen-bond donors (Lipinski definition) is 1. The predicted octanol–water partition coefficient (Wildman–Crippen LogP) is 0.631. The van der Waals surface area contributed by atoms with E-state index in [1.54, 1.807) is 0 Å². The molecule has 0 saturated carbocycles. The van der Waals surface area contributed by atoms with Crippen LogP contribution in [0.4, 0.5) is 0 Å². The zero-order chi connectivity index (χ0) is 11.4. The Morgan fingerprint density at radius 3 is 3.19 bits per heavy atom. The molecule has 1 aromatic rings. The Morgan fingerprint density at radius 2 is 2.44 bits per heavy atom. The highest BCUT2D eigenvalue weighted by atomic mass is 16.5. The molecule has 1 saturated heterocycles. The second kappa shape index (κ2) is 5.41.